The van der Waals surface area contributed by atoms with E-state index >= 15 is 0 Å². The molecule has 2 aromatic rings. The smallest absolute Gasteiger partial charge is 0.151 e. The van der Waals surface area contributed by atoms with Crippen LogP contribution in [-0.2, 0) is 6.54 Å². The van der Waals surface area contributed by atoms with E-state index in [1.165, 1.54) is 0 Å². The lowest BCUT2D eigenvalue weighted by Crippen LogP contribution is -2.11. The fraction of sp³-hybridized carbons (Fsp3) is 0.400. The molecule has 1 N–H and O–H groups in total. The Kier molecular flexibility index (Phi) is 3.13. The van der Waals surface area contributed by atoms with Gasteiger partial charge in [-0.05, 0) is 19.5 Å². The fourth-order valence-corrected chi connectivity index (χ4v) is 2.16. The molecule has 80 valence electrons. The highest BCUT2D eigenvalue weighted by molar-refractivity contribution is 7.14. The minimum absolute atomic E-state index is 0.783. The Balaban J connectivity index is 2.17. The Morgan fingerprint density at radius 2 is 2.33 bits per heavy atom. The Morgan fingerprint density at radius 1 is 1.47 bits per heavy atom. The van der Waals surface area contributed by atoms with Crippen molar-refractivity contribution in [1.29, 1.82) is 0 Å². The molecular weight excluding hydrogens is 210 g/mol. The van der Waals surface area contributed by atoms with Crippen molar-refractivity contribution in [2.24, 2.45) is 0 Å². The molecule has 0 amide bonds. The second-order valence-electron chi connectivity index (χ2n) is 3.17. The molecular formula is C10H13N3OS. The molecule has 0 aliphatic heterocycles. The first-order chi connectivity index (χ1) is 7.31. The van der Waals surface area contributed by atoms with Gasteiger partial charge in [-0.3, -0.25) is 0 Å². The zero-order chi connectivity index (χ0) is 10.7. The van der Waals surface area contributed by atoms with Crippen LogP contribution in [0.4, 0.5) is 0 Å². The minimum Gasteiger partial charge on any atom is -0.469 e. The van der Waals surface area contributed by atoms with Crippen molar-refractivity contribution < 1.29 is 4.42 Å². The van der Waals surface area contributed by atoms with Gasteiger partial charge in [0, 0.05) is 6.54 Å². The largest absolute Gasteiger partial charge is 0.469 e. The summed E-state index contributed by atoms with van der Waals surface area (Å²) in [6.07, 6.45) is 1.68. The molecule has 0 aliphatic rings. The van der Waals surface area contributed by atoms with E-state index in [0.29, 0.717) is 0 Å². The lowest BCUT2D eigenvalue weighted by molar-refractivity contribution is 0.535. The van der Waals surface area contributed by atoms with Crippen molar-refractivity contribution in [3.8, 4) is 10.6 Å². The highest BCUT2D eigenvalue weighted by Gasteiger charge is 2.10. The molecule has 0 spiro atoms. The average molecular weight is 223 g/mol. The van der Waals surface area contributed by atoms with E-state index in [-0.39, 0.29) is 0 Å². The minimum atomic E-state index is 0.783. The van der Waals surface area contributed by atoms with Crippen LogP contribution in [0.25, 0.3) is 10.6 Å². The first-order valence-corrected chi connectivity index (χ1v) is 5.70. The molecule has 15 heavy (non-hydrogen) atoms. The third-order valence-electron chi connectivity index (χ3n) is 2.08. The maximum Gasteiger partial charge on any atom is 0.151 e. The third kappa shape index (κ3) is 2.24. The molecule has 2 aromatic heterocycles. The molecule has 2 heterocycles. The van der Waals surface area contributed by atoms with Crippen molar-refractivity contribution in [1.82, 2.24) is 15.5 Å². The summed E-state index contributed by atoms with van der Waals surface area (Å²) in [7, 11) is 0. The molecule has 0 atom stereocenters. The molecule has 0 bridgehead atoms. The number of hydrogen-bond donors (Lipinski definition) is 1. The Hall–Kier alpha value is -1.20. The van der Waals surface area contributed by atoms with Crippen molar-refractivity contribution >= 4 is 11.3 Å². The van der Waals surface area contributed by atoms with Crippen molar-refractivity contribution in [3.05, 3.63) is 23.1 Å². The summed E-state index contributed by atoms with van der Waals surface area (Å²) < 4.78 is 5.23. The van der Waals surface area contributed by atoms with Crippen LogP contribution in [0, 0.1) is 6.92 Å². The Bertz CT molecular complexity index is 435. The van der Waals surface area contributed by atoms with Gasteiger partial charge < -0.3 is 9.73 Å². The maximum atomic E-state index is 5.23. The van der Waals surface area contributed by atoms with Crippen molar-refractivity contribution in [3.63, 3.8) is 0 Å². The number of furan rings is 1. The van der Waals surface area contributed by atoms with Gasteiger partial charge in [-0.2, -0.15) is 0 Å². The first-order valence-electron chi connectivity index (χ1n) is 4.89. The van der Waals surface area contributed by atoms with Gasteiger partial charge >= 0.3 is 0 Å². The van der Waals surface area contributed by atoms with Crippen LogP contribution in [-0.4, -0.2) is 16.7 Å². The van der Waals surface area contributed by atoms with Gasteiger partial charge in [-0.25, -0.2) is 0 Å². The molecule has 0 unspecified atom stereocenters. The van der Waals surface area contributed by atoms with E-state index in [1.807, 2.05) is 13.0 Å². The van der Waals surface area contributed by atoms with Crippen LogP contribution in [0.2, 0.25) is 0 Å². The summed E-state index contributed by atoms with van der Waals surface area (Å²) in [5.41, 5.74) is 1.04. The van der Waals surface area contributed by atoms with E-state index in [2.05, 4.69) is 22.4 Å². The monoisotopic (exact) mass is 223 g/mol. The zero-order valence-corrected chi connectivity index (χ0v) is 9.60. The lowest BCUT2D eigenvalue weighted by Gasteiger charge is -1.93. The number of aryl methyl sites for hydroxylation is 1. The Morgan fingerprint density at radius 3 is 3.00 bits per heavy atom. The maximum absolute atomic E-state index is 5.23. The molecule has 2 rings (SSSR count). The van der Waals surface area contributed by atoms with E-state index in [4.69, 9.17) is 4.42 Å². The normalized spacial score (nSPS) is 10.8. The van der Waals surface area contributed by atoms with Crippen LogP contribution < -0.4 is 5.32 Å². The molecule has 4 nitrogen and oxygen atoms in total. The topological polar surface area (TPSA) is 51.0 Å². The predicted octanol–water partition coefficient (Wildman–Crippen LogP) is 2.22. The number of nitrogens with zero attached hydrogens (tertiary/aromatic N) is 2. The second kappa shape index (κ2) is 4.55. The van der Waals surface area contributed by atoms with E-state index in [9.17, 15) is 0 Å². The fourth-order valence-electron chi connectivity index (χ4n) is 1.27. The second-order valence-corrected chi connectivity index (χ2v) is 4.23. The van der Waals surface area contributed by atoms with E-state index < -0.39 is 0 Å². The summed E-state index contributed by atoms with van der Waals surface area (Å²) in [5.74, 6) is 0.890. The third-order valence-corrected chi connectivity index (χ3v) is 3.04. The van der Waals surface area contributed by atoms with Gasteiger partial charge in [0.1, 0.15) is 10.8 Å². The van der Waals surface area contributed by atoms with Crippen LogP contribution in [0.1, 0.15) is 17.7 Å². The zero-order valence-electron chi connectivity index (χ0n) is 8.78. The first kappa shape index (κ1) is 10.3. The highest BCUT2D eigenvalue weighted by atomic mass is 32.1. The SMILES string of the molecule is CCNCc1nnc(-c2ccoc2C)s1. The van der Waals surface area contributed by atoms with Gasteiger partial charge in [0.15, 0.2) is 5.01 Å². The Labute approximate surface area is 92.3 Å². The van der Waals surface area contributed by atoms with E-state index in [0.717, 1.165) is 34.4 Å². The highest BCUT2D eigenvalue weighted by Crippen LogP contribution is 2.26. The predicted molar refractivity (Wildman–Crippen MR) is 59.7 cm³/mol. The molecule has 5 heteroatoms. The number of aromatic nitrogens is 2. The van der Waals surface area contributed by atoms with Crippen LogP contribution in [0.15, 0.2) is 16.7 Å². The number of rotatable bonds is 4. The summed E-state index contributed by atoms with van der Waals surface area (Å²) in [6, 6.07) is 1.92. The van der Waals surface area contributed by atoms with Gasteiger partial charge in [0.25, 0.3) is 0 Å². The average Bonchev–Trinajstić information content (AvgIpc) is 2.83. The van der Waals surface area contributed by atoms with Gasteiger partial charge in [0.05, 0.1) is 11.8 Å². The molecule has 0 aliphatic carbocycles. The summed E-state index contributed by atoms with van der Waals surface area (Å²) >= 11 is 1.60. The van der Waals surface area contributed by atoms with Gasteiger partial charge in [0.2, 0.25) is 0 Å². The van der Waals surface area contributed by atoms with Crippen LogP contribution >= 0.6 is 11.3 Å². The molecule has 0 saturated carbocycles. The number of hydrogen-bond acceptors (Lipinski definition) is 5. The van der Waals surface area contributed by atoms with E-state index in [1.54, 1.807) is 17.6 Å². The molecule has 0 saturated heterocycles. The van der Waals surface area contributed by atoms with Crippen LogP contribution in [0.5, 0.6) is 0 Å². The van der Waals surface area contributed by atoms with Crippen LogP contribution in [0.3, 0.4) is 0 Å². The molecule has 0 radical (unpaired) electrons. The summed E-state index contributed by atoms with van der Waals surface area (Å²) in [6.45, 7) is 5.73. The lowest BCUT2D eigenvalue weighted by atomic mass is 10.3. The van der Waals surface area contributed by atoms with Crippen molar-refractivity contribution in [2.45, 2.75) is 20.4 Å². The van der Waals surface area contributed by atoms with Crippen molar-refractivity contribution in [2.75, 3.05) is 6.54 Å². The quantitative estimate of drug-likeness (QED) is 0.863. The summed E-state index contributed by atoms with van der Waals surface area (Å²) in [5, 5.41) is 13.4. The molecule has 0 fully saturated rings. The standard InChI is InChI=1S/C10H13N3OS/c1-3-11-6-9-12-13-10(15-9)8-4-5-14-7(8)2/h4-5,11H,3,6H2,1-2H3. The van der Waals surface area contributed by atoms with Gasteiger partial charge in [-0.15, -0.1) is 10.2 Å². The van der Waals surface area contributed by atoms with Gasteiger partial charge in [-0.1, -0.05) is 18.3 Å². The summed E-state index contributed by atoms with van der Waals surface area (Å²) in [4.78, 5) is 0. The number of nitrogens with one attached hydrogen (secondary N) is 1. The molecule has 0 aromatic carbocycles.